The molecule has 0 amide bonds. The third-order valence-corrected chi connectivity index (χ3v) is 1.60. The van der Waals surface area contributed by atoms with Crippen LogP contribution in [-0.4, -0.2) is 0 Å². The van der Waals surface area contributed by atoms with Gasteiger partial charge in [0.15, 0.2) is 0 Å². The van der Waals surface area contributed by atoms with Gasteiger partial charge in [-0.3, -0.25) is 0 Å². The van der Waals surface area contributed by atoms with E-state index in [1.54, 1.807) is 0 Å². The van der Waals surface area contributed by atoms with Gasteiger partial charge in [-0.2, -0.15) is 0 Å². The lowest BCUT2D eigenvalue weighted by molar-refractivity contribution is 0.498. The molecule has 0 aliphatic heterocycles. The SMILES string of the molecule is [CH]CCCC(C)CC. The topological polar surface area (TPSA) is 0 Å². The van der Waals surface area contributed by atoms with E-state index in [9.17, 15) is 0 Å². The molecule has 0 rings (SSSR count). The van der Waals surface area contributed by atoms with Crippen molar-refractivity contribution < 1.29 is 0 Å². The van der Waals surface area contributed by atoms with Gasteiger partial charge in [-0.1, -0.05) is 33.1 Å². The van der Waals surface area contributed by atoms with E-state index in [1.807, 2.05) is 0 Å². The summed E-state index contributed by atoms with van der Waals surface area (Å²) in [5.41, 5.74) is 0. The van der Waals surface area contributed by atoms with Crippen molar-refractivity contribution in [2.24, 2.45) is 5.92 Å². The molecule has 0 aromatic heterocycles. The fourth-order valence-corrected chi connectivity index (χ4v) is 0.670. The molecular formula is C8H16. The van der Waals surface area contributed by atoms with Gasteiger partial charge in [0.2, 0.25) is 0 Å². The average molecular weight is 112 g/mol. The molecule has 0 heteroatoms. The van der Waals surface area contributed by atoms with Crippen LogP contribution in [0.3, 0.4) is 0 Å². The predicted molar refractivity (Wildman–Crippen MR) is 37.6 cm³/mol. The Hall–Kier alpha value is 0. The summed E-state index contributed by atoms with van der Waals surface area (Å²) in [5, 5.41) is 0. The van der Waals surface area contributed by atoms with Crippen molar-refractivity contribution in [1.82, 2.24) is 0 Å². The van der Waals surface area contributed by atoms with Gasteiger partial charge in [0, 0.05) is 0 Å². The zero-order chi connectivity index (χ0) is 6.41. The Bertz CT molecular complexity index is 39.3. The second-order valence-electron chi connectivity index (χ2n) is 2.44. The van der Waals surface area contributed by atoms with Crippen LogP contribution in [0, 0.1) is 12.8 Å². The van der Waals surface area contributed by atoms with Gasteiger partial charge >= 0.3 is 0 Å². The molecule has 0 fully saturated rings. The fourth-order valence-electron chi connectivity index (χ4n) is 0.670. The first-order valence-corrected chi connectivity index (χ1v) is 3.51. The van der Waals surface area contributed by atoms with E-state index in [2.05, 4.69) is 13.8 Å². The average Bonchev–Trinajstić information content (AvgIpc) is 1.83. The first-order valence-electron chi connectivity index (χ1n) is 3.51. The Labute approximate surface area is 53.3 Å². The van der Waals surface area contributed by atoms with Crippen LogP contribution >= 0.6 is 0 Å². The maximum atomic E-state index is 5.33. The Kier molecular flexibility index (Phi) is 5.14. The molecule has 1 unspecified atom stereocenters. The Morgan fingerprint density at radius 2 is 2.12 bits per heavy atom. The Morgan fingerprint density at radius 3 is 2.50 bits per heavy atom. The third-order valence-electron chi connectivity index (χ3n) is 1.60. The summed E-state index contributed by atoms with van der Waals surface area (Å²) in [6.07, 6.45) is 4.63. The van der Waals surface area contributed by atoms with Crippen molar-refractivity contribution in [3.63, 3.8) is 0 Å². The van der Waals surface area contributed by atoms with Crippen molar-refractivity contribution in [1.29, 1.82) is 0 Å². The summed E-state index contributed by atoms with van der Waals surface area (Å²) < 4.78 is 0. The number of unbranched alkanes of at least 4 members (excludes halogenated alkanes) is 1. The lowest BCUT2D eigenvalue weighted by atomic mass is 10.0. The minimum Gasteiger partial charge on any atom is -0.0651 e. The van der Waals surface area contributed by atoms with Gasteiger partial charge in [0.25, 0.3) is 0 Å². The molecule has 0 nitrogen and oxygen atoms in total. The summed E-state index contributed by atoms with van der Waals surface area (Å²) in [6.45, 7) is 9.83. The lowest BCUT2D eigenvalue weighted by Crippen LogP contribution is -1.89. The highest BCUT2D eigenvalue weighted by atomic mass is 14.0. The highest BCUT2D eigenvalue weighted by Gasteiger charge is 1.94. The first-order chi connectivity index (χ1) is 3.81. The number of rotatable bonds is 4. The van der Waals surface area contributed by atoms with Crippen molar-refractivity contribution in [3.05, 3.63) is 6.92 Å². The van der Waals surface area contributed by atoms with Crippen LogP contribution in [0.1, 0.15) is 39.5 Å². The maximum Gasteiger partial charge on any atom is -0.0352 e. The molecule has 1 atom stereocenters. The van der Waals surface area contributed by atoms with Crippen molar-refractivity contribution >= 4 is 0 Å². The van der Waals surface area contributed by atoms with Gasteiger partial charge in [-0.25, -0.2) is 0 Å². The lowest BCUT2D eigenvalue weighted by Gasteiger charge is -2.04. The second kappa shape index (κ2) is 5.14. The normalized spacial score (nSPS) is 13.9. The molecule has 0 saturated carbocycles. The summed E-state index contributed by atoms with van der Waals surface area (Å²) >= 11 is 0. The molecule has 0 spiro atoms. The molecule has 0 bridgehead atoms. The fraction of sp³-hybridized carbons (Fsp3) is 0.875. The zero-order valence-corrected chi connectivity index (χ0v) is 5.98. The van der Waals surface area contributed by atoms with Crippen LogP contribution in [0.2, 0.25) is 0 Å². The third kappa shape index (κ3) is 4.17. The van der Waals surface area contributed by atoms with Crippen LogP contribution in [0.15, 0.2) is 0 Å². The maximum absolute atomic E-state index is 5.33. The Balaban J connectivity index is 2.86. The standard InChI is InChI=1S/C8H16/c1-4-6-7-8(3)5-2/h1,8H,4-7H2,2-3H3. The van der Waals surface area contributed by atoms with E-state index < -0.39 is 0 Å². The van der Waals surface area contributed by atoms with Crippen LogP contribution in [0.25, 0.3) is 0 Å². The molecule has 0 saturated heterocycles. The van der Waals surface area contributed by atoms with Crippen LogP contribution in [0.4, 0.5) is 0 Å². The van der Waals surface area contributed by atoms with E-state index in [4.69, 9.17) is 6.92 Å². The molecule has 0 aromatic rings. The van der Waals surface area contributed by atoms with Crippen LogP contribution in [-0.2, 0) is 0 Å². The molecule has 48 valence electrons. The van der Waals surface area contributed by atoms with E-state index in [1.165, 1.54) is 19.3 Å². The highest BCUT2D eigenvalue weighted by Crippen LogP contribution is 2.09. The number of hydrogen-bond donors (Lipinski definition) is 0. The van der Waals surface area contributed by atoms with Gasteiger partial charge in [0.05, 0.1) is 0 Å². The van der Waals surface area contributed by atoms with E-state index >= 15 is 0 Å². The quantitative estimate of drug-likeness (QED) is 0.524. The van der Waals surface area contributed by atoms with Gasteiger partial charge in [0.1, 0.15) is 0 Å². The van der Waals surface area contributed by atoms with Crippen molar-refractivity contribution in [3.8, 4) is 0 Å². The van der Waals surface area contributed by atoms with Gasteiger partial charge in [-0.15, -0.1) is 0 Å². The largest absolute Gasteiger partial charge is 0.0651 e. The van der Waals surface area contributed by atoms with E-state index in [-0.39, 0.29) is 0 Å². The summed E-state index contributed by atoms with van der Waals surface area (Å²) in [7, 11) is 0. The predicted octanol–water partition coefficient (Wildman–Crippen LogP) is 2.91. The van der Waals surface area contributed by atoms with Crippen LogP contribution in [0.5, 0.6) is 0 Å². The monoisotopic (exact) mass is 112 g/mol. The van der Waals surface area contributed by atoms with Crippen LogP contribution < -0.4 is 0 Å². The number of hydrogen-bond acceptors (Lipinski definition) is 0. The molecule has 0 heterocycles. The molecule has 8 heavy (non-hydrogen) atoms. The highest BCUT2D eigenvalue weighted by molar-refractivity contribution is 4.50. The van der Waals surface area contributed by atoms with Crippen molar-refractivity contribution in [2.45, 2.75) is 39.5 Å². The van der Waals surface area contributed by atoms with Gasteiger partial charge < -0.3 is 0 Å². The molecule has 0 aliphatic carbocycles. The molecule has 0 N–H and O–H groups in total. The minimum atomic E-state index is 0.852. The molecule has 2 radical (unpaired) electrons. The van der Waals surface area contributed by atoms with Crippen molar-refractivity contribution in [2.75, 3.05) is 0 Å². The molecule has 0 aromatic carbocycles. The molecular weight excluding hydrogens is 96.1 g/mol. The summed E-state index contributed by atoms with van der Waals surface area (Å²) in [4.78, 5) is 0. The second-order valence-corrected chi connectivity index (χ2v) is 2.44. The van der Waals surface area contributed by atoms with E-state index in [0.29, 0.717) is 0 Å². The first kappa shape index (κ1) is 8.00. The molecule has 0 aliphatic rings. The van der Waals surface area contributed by atoms with Gasteiger partial charge in [-0.05, 0) is 19.3 Å². The minimum absolute atomic E-state index is 0.852. The zero-order valence-electron chi connectivity index (χ0n) is 5.98. The summed E-state index contributed by atoms with van der Waals surface area (Å²) in [6, 6.07) is 0. The Morgan fingerprint density at radius 1 is 1.50 bits per heavy atom. The smallest absolute Gasteiger partial charge is 0.0352 e. The summed E-state index contributed by atoms with van der Waals surface area (Å²) in [5.74, 6) is 0.874. The van der Waals surface area contributed by atoms with E-state index in [0.717, 1.165) is 12.3 Å².